The van der Waals surface area contributed by atoms with Crippen molar-refractivity contribution in [3.63, 3.8) is 0 Å². The monoisotopic (exact) mass is 445 g/mol. The van der Waals surface area contributed by atoms with Crippen LogP contribution in [-0.4, -0.2) is 22.4 Å². The summed E-state index contributed by atoms with van der Waals surface area (Å²) in [7, 11) is 1.64. The average molecular weight is 446 g/mol. The highest BCUT2D eigenvalue weighted by molar-refractivity contribution is 7.20. The van der Waals surface area contributed by atoms with Gasteiger partial charge in [-0.25, -0.2) is 4.98 Å². The summed E-state index contributed by atoms with van der Waals surface area (Å²) in [5, 5.41) is 2.94. The number of imidazole rings is 1. The second-order valence-corrected chi connectivity index (χ2v) is 9.41. The van der Waals surface area contributed by atoms with Gasteiger partial charge in [0.2, 0.25) is 0 Å². The van der Waals surface area contributed by atoms with E-state index in [0.717, 1.165) is 27.1 Å². The van der Waals surface area contributed by atoms with E-state index in [0.29, 0.717) is 12.2 Å². The van der Waals surface area contributed by atoms with Gasteiger partial charge in [-0.3, -0.25) is 9.20 Å². The molecule has 5 nitrogen and oxygen atoms in total. The normalized spacial score (nSPS) is 14.5. The lowest BCUT2D eigenvalue weighted by Gasteiger charge is -2.22. The summed E-state index contributed by atoms with van der Waals surface area (Å²) in [6.45, 7) is 0.451. The lowest BCUT2D eigenvalue weighted by Crippen LogP contribution is -2.23. The fourth-order valence-electron chi connectivity index (χ4n) is 4.41. The Morgan fingerprint density at radius 2 is 1.81 bits per heavy atom. The van der Waals surface area contributed by atoms with Crippen LogP contribution in [0.4, 0.5) is 0 Å². The van der Waals surface area contributed by atoms with E-state index in [1.807, 2.05) is 28.7 Å². The fourth-order valence-corrected chi connectivity index (χ4v) is 5.38. The number of amides is 1. The van der Waals surface area contributed by atoms with Gasteiger partial charge in [0.05, 0.1) is 12.0 Å². The largest absolute Gasteiger partial charge is 0.497 e. The molecule has 2 aromatic heterocycles. The van der Waals surface area contributed by atoms with Crippen LogP contribution in [0.3, 0.4) is 0 Å². The van der Waals surface area contributed by atoms with Crippen molar-refractivity contribution < 1.29 is 9.53 Å². The summed E-state index contributed by atoms with van der Waals surface area (Å²) in [6, 6.07) is 16.7. The zero-order chi connectivity index (χ0) is 21.9. The minimum absolute atomic E-state index is 0.171. The van der Waals surface area contributed by atoms with Crippen molar-refractivity contribution in [2.45, 2.75) is 44.6 Å². The van der Waals surface area contributed by atoms with Gasteiger partial charge in [-0.15, -0.1) is 0 Å². The van der Waals surface area contributed by atoms with Gasteiger partial charge in [-0.05, 0) is 47.6 Å². The first kappa shape index (κ1) is 20.8. The van der Waals surface area contributed by atoms with E-state index >= 15 is 0 Å². The predicted molar refractivity (Wildman–Crippen MR) is 128 cm³/mol. The summed E-state index contributed by atoms with van der Waals surface area (Å²) in [5.74, 6) is 1.35. The second kappa shape index (κ2) is 9.17. The van der Waals surface area contributed by atoms with Crippen LogP contribution in [0.1, 0.15) is 59.6 Å². The molecule has 164 valence electrons. The Hall–Kier alpha value is -3.12. The number of carbonyl (C=O) groups excluding carboxylic acids is 1. The van der Waals surface area contributed by atoms with Crippen molar-refractivity contribution >= 4 is 22.2 Å². The maximum Gasteiger partial charge on any atom is 0.271 e. The van der Waals surface area contributed by atoms with Crippen LogP contribution in [-0.2, 0) is 6.54 Å². The zero-order valence-corrected chi connectivity index (χ0v) is 19.0. The van der Waals surface area contributed by atoms with Gasteiger partial charge in [0.15, 0.2) is 4.96 Å². The molecule has 6 heteroatoms. The molecule has 0 saturated heterocycles. The molecule has 1 aliphatic carbocycles. The number of benzene rings is 2. The minimum atomic E-state index is -0.171. The molecule has 0 unspecified atom stereocenters. The molecule has 1 saturated carbocycles. The maximum absolute atomic E-state index is 12.5. The van der Waals surface area contributed by atoms with E-state index in [1.165, 1.54) is 43.2 Å². The van der Waals surface area contributed by atoms with Gasteiger partial charge in [-0.1, -0.05) is 67.0 Å². The van der Waals surface area contributed by atoms with Gasteiger partial charge in [0, 0.05) is 18.9 Å². The van der Waals surface area contributed by atoms with Gasteiger partial charge in [0.25, 0.3) is 5.91 Å². The molecule has 0 aliphatic heterocycles. The smallest absolute Gasteiger partial charge is 0.271 e. The third-order valence-electron chi connectivity index (χ3n) is 6.27. The summed E-state index contributed by atoms with van der Waals surface area (Å²) in [4.78, 5) is 19.1. The molecule has 1 fully saturated rings. The van der Waals surface area contributed by atoms with Crippen LogP contribution < -0.4 is 10.1 Å². The first-order valence-corrected chi connectivity index (χ1v) is 12.0. The van der Waals surface area contributed by atoms with Crippen LogP contribution in [0.15, 0.2) is 60.9 Å². The molecule has 32 heavy (non-hydrogen) atoms. The lowest BCUT2D eigenvalue weighted by atomic mass is 9.84. The lowest BCUT2D eigenvalue weighted by molar-refractivity contribution is 0.0946. The Bertz CT molecular complexity index is 1170. The maximum atomic E-state index is 12.5. The highest BCUT2D eigenvalue weighted by Crippen LogP contribution is 2.35. The topological polar surface area (TPSA) is 55.6 Å². The van der Waals surface area contributed by atoms with Crippen LogP contribution >= 0.6 is 11.3 Å². The number of carbonyl (C=O) groups is 1. The number of hydrogen-bond donors (Lipinski definition) is 1. The standard InChI is InChI=1S/C26H27N3O2S/c1-31-22-13-7-18(8-14-22)15-27-25(30)23-16-29-17-24(32-26(29)28-23)21-11-9-20(10-12-21)19-5-3-2-4-6-19/h7-14,16-17,19H,2-6,15H2,1H3,(H,27,30). The molecular formula is C26H27N3O2S. The van der Waals surface area contributed by atoms with Crippen molar-refractivity contribution in [3.8, 4) is 16.2 Å². The van der Waals surface area contributed by atoms with E-state index in [9.17, 15) is 4.79 Å². The van der Waals surface area contributed by atoms with Crippen LogP contribution in [0, 0.1) is 0 Å². The second-order valence-electron chi connectivity index (χ2n) is 8.40. The Morgan fingerprint density at radius 1 is 1.06 bits per heavy atom. The molecule has 5 rings (SSSR count). The number of ether oxygens (including phenoxy) is 1. The molecule has 2 heterocycles. The van der Waals surface area contributed by atoms with E-state index in [2.05, 4.69) is 40.8 Å². The first-order chi connectivity index (χ1) is 15.7. The van der Waals surface area contributed by atoms with Crippen molar-refractivity contribution in [2.24, 2.45) is 0 Å². The van der Waals surface area contributed by atoms with Crippen molar-refractivity contribution in [1.29, 1.82) is 0 Å². The molecule has 2 aromatic carbocycles. The number of hydrogen-bond acceptors (Lipinski definition) is 4. The van der Waals surface area contributed by atoms with Crippen LogP contribution in [0.2, 0.25) is 0 Å². The number of nitrogens with one attached hydrogen (secondary N) is 1. The molecule has 1 N–H and O–H groups in total. The summed E-state index contributed by atoms with van der Waals surface area (Å²) >= 11 is 1.61. The van der Waals surface area contributed by atoms with Gasteiger partial charge in [0.1, 0.15) is 11.4 Å². The van der Waals surface area contributed by atoms with Gasteiger partial charge < -0.3 is 10.1 Å². The van der Waals surface area contributed by atoms with Crippen LogP contribution in [0.5, 0.6) is 5.75 Å². The molecule has 0 radical (unpaired) electrons. The van der Waals surface area contributed by atoms with Crippen molar-refractivity contribution in [3.05, 3.63) is 77.7 Å². The summed E-state index contributed by atoms with van der Waals surface area (Å²) < 4.78 is 7.11. The predicted octanol–water partition coefficient (Wildman–Crippen LogP) is 6.05. The number of aromatic nitrogens is 2. The summed E-state index contributed by atoms with van der Waals surface area (Å²) in [6.07, 6.45) is 10.6. The number of nitrogens with zero attached hydrogens (tertiary/aromatic N) is 2. The molecular weight excluding hydrogens is 418 g/mol. The zero-order valence-electron chi connectivity index (χ0n) is 18.2. The highest BCUT2D eigenvalue weighted by Gasteiger charge is 2.16. The van der Waals surface area contributed by atoms with Gasteiger partial charge >= 0.3 is 0 Å². The summed E-state index contributed by atoms with van der Waals surface area (Å²) in [5.41, 5.74) is 4.11. The number of thiazole rings is 1. The third-order valence-corrected chi connectivity index (χ3v) is 7.32. The fraction of sp³-hybridized carbons (Fsp3) is 0.308. The Balaban J connectivity index is 1.25. The Kier molecular flexibility index (Phi) is 5.95. The average Bonchev–Trinajstić information content (AvgIpc) is 3.43. The SMILES string of the molecule is COc1ccc(CNC(=O)c2cn3cc(-c4ccc(C5CCCCC5)cc4)sc3n2)cc1. The third kappa shape index (κ3) is 4.41. The van der Waals surface area contributed by atoms with E-state index in [4.69, 9.17) is 4.74 Å². The molecule has 0 atom stereocenters. The minimum Gasteiger partial charge on any atom is -0.497 e. The molecule has 1 aliphatic rings. The number of fused-ring (bicyclic) bond motifs is 1. The Labute approximate surface area is 192 Å². The van der Waals surface area contributed by atoms with E-state index in [1.54, 1.807) is 24.6 Å². The van der Waals surface area contributed by atoms with E-state index < -0.39 is 0 Å². The van der Waals surface area contributed by atoms with Crippen LogP contribution in [0.25, 0.3) is 15.4 Å². The molecule has 0 bridgehead atoms. The van der Waals surface area contributed by atoms with E-state index in [-0.39, 0.29) is 5.91 Å². The molecule has 1 amide bonds. The Morgan fingerprint density at radius 3 is 2.50 bits per heavy atom. The van der Waals surface area contributed by atoms with Gasteiger partial charge in [-0.2, -0.15) is 0 Å². The molecule has 0 spiro atoms. The first-order valence-electron chi connectivity index (χ1n) is 11.2. The van der Waals surface area contributed by atoms with Crippen molar-refractivity contribution in [2.75, 3.05) is 7.11 Å². The number of rotatable bonds is 6. The van der Waals surface area contributed by atoms with Crippen molar-refractivity contribution in [1.82, 2.24) is 14.7 Å². The quantitative estimate of drug-likeness (QED) is 0.393. The number of methoxy groups -OCH3 is 1. The molecule has 4 aromatic rings. The highest BCUT2D eigenvalue weighted by atomic mass is 32.1.